The summed E-state index contributed by atoms with van der Waals surface area (Å²) in [7, 11) is 3.68. The van der Waals surface area contributed by atoms with Gasteiger partial charge in [0.2, 0.25) is 5.95 Å². The summed E-state index contributed by atoms with van der Waals surface area (Å²) < 4.78 is 3.61. The Bertz CT molecular complexity index is 564. The molecule has 17 heavy (non-hydrogen) atoms. The van der Waals surface area contributed by atoms with E-state index in [2.05, 4.69) is 47.4 Å². The number of aromatic nitrogens is 3. The molecule has 5 nitrogen and oxygen atoms in total. The lowest BCUT2D eigenvalue weighted by Crippen LogP contribution is -2.01. The van der Waals surface area contributed by atoms with Gasteiger partial charge in [-0.15, -0.1) is 10.2 Å². The fraction of sp³-hybridized carbons (Fsp3) is 0.200. The molecule has 0 saturated carbocycles. The fourth-order valence-electron chi connectivity index (χ4n) is 1.55. The zero-order valence-electron chi connectivity index (χ0n) is 9.33. The smallest absolute Gasteiger partial charge is 0.224 e. The van der Waals surface area contributed by atoms with Crippen molar-refractivity contribution in [1.82, 2.24) is 14.8 Å². The number of nitrogens with one attached hydrogen (secondary N) is 1. The summed E-state index contributed by atoms with van der Waals surface area (Å²) in [5.41, 5.74) is 7.51. The topological polar surface area (TPSA) is 68.8 Å². The van der Waals surface area contributed by atoms with Crippen molar-refractivity contribution in [2.75, 3.05) is 18.1 Å². The van der Waals surface area contributed by atoms with Gasteiger partial charge in [-0.05, 0) is 28.1 Å². The molecule has 1 aromatic carbocycles. The zero-order chi connectivity index (χ0) is 12.6. The Balaban J connectivity index is 2.64. The highest BCUT2D eigenvalue weighted by molar-refractivity contribution is 9.11. The molecular weight excluding hydrogens is 350 g/mol. The number of hydrogen-bond acceptors (Lipinski definition) is 4. The van der Waals surface area contributed by atoms with Gasteiger partial charge in [0, 0.05) is 28.6 Å². The molecule has 1 aromatic heterocycles. The number of nitrogens with zero attached hydrogens (tertiary/aromatic N) is 3. The van der Waals surface area contributed by atoms with Gasteiger partial charge < -0.3 is 11.1 Å². The molecule has 7 heteroatoms. The number of hydrogen-bond donors (Lipinski definition) is 2. The molecule has 0 aliphatic carbocycles. The van der Waals surface area contributed by atoms with Crippen LogP contribution in [-0.2, 0) is 7.05 Å². The number of benzene rings is 1. The molecule has 2 rings (SSSR count). The maximum atomic E-state index is 6.03. The van der Waals surface area contributed by atoms with Crippen molar-refractivity contribution in [3.05, 3.63) is 21.1 Å². The van der Waals surface area contributed by atoms with Crippen molar-refractivity contribution in [2.24, 2.45) is 7.05 Å². The Morgan fingerprint density at radius 1 is 1.29 bits per heavy atom. The lowest BCUT2D eigenvalue weighted by molar-refractivity contribution is 0.925. The first-order valence-electron chi connectivity index (χ1n) is 4.86. The van der Waals surface area contributed by atoms with Crippen LogP contribution < -0.4 is 11.1 Å². The third-order valence-electron chi connectivity index (χ3n) is 2.43. The van der Waals surface area contributed by atoms with Crippen LogP contribution in [0.2, 0.25) is 0 Å². The van der Waals surface area contributed by atoms with Crippen LogP contribution in [-0.4, -0.2) is 21.8 Å². The number of nitrogens with two attached hydrogens (primary N) is 1. The normalized spacial score (nSPS) is 10.6. The van der Waals surface area contributed by atoms with Crippen LogP contribution in [0.1, 0.15) is 0 Å². The molecule has 0 saturated heterocycles. The second kappa shape index (κ2) is 4.66. The molecular formula is C10H11Br2N5. The Kier molecular flexibility index (Phi) is 3.39. The molecule has 90 valence electrons. The fourth-order valence-corrected chi connectivity index (χ4v) is 2.78. The zero-order valence-corrected chi connectivity index (χ0v) is 12.5. The molecule has 0 spiro atoms. The minimum Gasteiger partial charge on any atom is -0.397 e. The minimum atomic E-state index is 0.645. The van der Waals surface area contributed by atoms with Gasteiger partial charge in [-0.1, -0.05) is 15.9 Å². The summed E-state index contributed by atoms with van der Waals surface area (Å²) in [6.45, 7) is 0. The van der Waals surface area contributed by atoms with Crippen LogP contribution in [0.25, 0.3) is 11.4 Å². The van der Waals surface area contributed by atoms with Gasteiger partial charge in [0.05, 0.1) is 5.69 Å². The van der Waals surface area contributed by atoms with Crippen molar-refractivity contribution in [3.8, 4) is 11.4 Å². The molecule has 0 radical (unpaired) electrons. The van der Waals surface area contributed by atoms with E-state index in [1.54, 1.807) is 7.05 Å². The monoisotopic (exact) mass is 359 g/mol. The number of halogens is 2. The van der Waals surface area contributed by atoms with E-state index in [9.17, 15) is 0 Å². The lowest BCUT2D eigenvalue weighted by Gasteiger charge is -2.08. The molecule has 1 heterocycles. The third-order valence-corrected chi connectivity index (χ3v) is 3.55. The van der Waals surface area contributed by atoms with Crippen molar-refractivity contribution >= 4 is 43.5 Å². The molecule has 0 aliphatic heterocycles. The summed E-state index contributed by atoms with van der Waals surface area (Å²) in [5.74, 6) is 1.41. The van der Waals surface area contributed by atoms with Crippen LogP contribution in [0.3, 0.4) is 0 Å². The van der Waals surface area contributed by atoms with Crippen molar-refractivity contribution in [3.63, 3.8) is 0 Å². The first kappa shape index (κ1) is 12.4. The summed E-state index contributed by atoms with van der Waals surface area (Å²) in [5, 5.41) is 11.1. The van der Waals surface area contributed by atoms with Crippen LogP contribution in [0, 0.1) is 0 Å². The Morgan fingerprint density at radius 2 is 2.00 bits per heavy atom. The van der Waals surface area contributed by atoms with Crippen molar-refractivity contribution in [1.29, 1.82) is 0 Å². The van der Waals surface area contributed by atoms with Crippen molar-refractivity contribution < 1.29 is 0 Å². The number of nitrogen functional groups attached to an aromatic ring is 1. The van der Waals surface area contributed by atoms with Crippen LogP contribution in [0.5, 0.6) is 0 Å². The van der Waals surface area contributed by atoms with E-state index >= 15 is 0 Å². The van der Waals surface area contributed by atoms with E-state index in [0.717, 1.165) is 14.5 Å². The SMILES string of the molecule is CNc1nnc(-c2cc(Br)cc(Br)c2N)n1C. The third kappa shape index (κ3) is 2.16. The van der Waals surface area contributed by atoms with Crippen LogP contribution >= 0.6 is 31.9 Å². The van der Waals surface area contributed by atoms with E-state index in [1.807, 2.05) is 23.7 Å². The standard InChI is InChI=1S/C10H11Br2N5/c1-14-10-16-15-9(17(10)2)6-3-5(11)4-7(12)8(6)13/h3-4H,13H2,1-2H3,(H,14,16). The largest absolute Gasteiger partial charge is 0.397 e. The van der Waals surface area contributed by atoms with Gasteiger partial charge in [0.15, 0.2) is 5.82 Å². The van der Waals surface area contributed by atoms with Gasteiger partial charge in [-0.3, -0.25) is 4.57 Å². The quantitative estimate of drug-likeness (QED) is 0.808. The highest BCUT2D eigenvalue weighted by Gasteiger charge is 2.14. The summed E-state index contributed by atoms with van der Waals surface area (Å²) in [6, 6.07) is 3.82. The van der Waals surface area contributed by atoms with E-state index < -0.39 is 0 Å². The van der Waals surface area contributed by atoms with E-state index in [-0.39, 0.29) is 0 Å². The molecule has 2 aromatic rings. The second-order valence-corrected chi connectivity index (χ2v) is 5.28. The number of rotatable bonds is 2. The lowest BCUT2D eigenvalue weighted by atomic mass is 10.1. The summed E-state index contributed by atoms with van der Waals surface area (Å²) >= 11 is 6.85. The molecule has 3 N–H and O–H groups in total. The van der Waals surface area contributed by atoms with Gasteiger partial charge >= 0.3 is 0 Å². The maximum Gasteiger partial charge on any atom is 0.224 e. The average molecular weight is 361 g/mol. The van der Waals surface area contributed by atoms with Gasteiger partial charge in [0.25, 0.3) is 0 Å². The Morgan fingerprint density at radius 3 is 2.59 bits per heavy atom. The molecule has 0 bridgehead atoms. The molecule has 0 fully saturated rings. The number of anilines is 2. The van der Waals surface area contributed by atoms with Gasteiger partial charge in [0.1, 0.15) is 0 Å². The van der Waals surface area contributed by atoms with E-state index in [4.69, 9.17) is 5.73 Å². The molecule has 0 atom stereocenters. The highest BCUT2D eigenvalue weighted by atomic mass is 79.9. The maximum absolute atomic E-state index is 6.03. The summed E-state index contributed by atoms with van der Waals surface area (Å²) in [4.78, 5) is 0. The first-order valence-corrected chi connectivity index (χ1v) is 6.45. The van der Waals surface area contributed by atoms with E-state index in [1.165, 1.54) is 0 Å². The molecule has 0 aliphatic rings. The van der Waals surface area contributed by atoms with Gasteiger partial charge in [-0.2, -0.15) is 0 Å². The second-order valence-electron chi connectivity index (χ2n) is 3.51. The van der Waals surface area contributed by atoms with Crippen LogP contribution in [0.15, 0.2) is 21.1 Å². The molecule has 0 unspecified atom stereocenters. The summed E-state index contributed by atoms with van der Waals surface area (Å²) in [6.07, 6.45) is 0. The van der Waals surface area contributed by atoms with Gasteiger partial charge in [-0.25, -0.2) is 0 Å². The van der Waals surface area contributed by atoms with Crippen LogP contribution in [0.4, 0.5) is 11.6 Å². The highest BCUT2D eigenvalue weighted by Crippen LogP contribution is 2.34. The first-order chi connectivity index (χ1) is 8.04. The predicted octanol–water partition coefficient (Wildman–Crippen LogP) is 2.63. The minimum absolute atomic E-state index is 0.645. The van der Waals surface area contributed by atoms with E-state index in [0.29, 0.717) is 17.5 Å². The Hall–Kier alpha value is -1.08. The average Bonchev–Trinajstić information content (AvgIpc) is 2.65. The molecule has 0 amide bonds. The van der Waals surface area contributed by atoms with Crippen molar-refractivity contribution in [2.45, 2.75) is 0 Å². The Labute approximate surface area is 116 Å². The predicted molar refractivity (Wildman–Crippen MR) is 75.8 cm³/mol.